The Hall–Kier alpha value is -1.31. The first-order valence-corrected chi connectivity index (χ1v) is 8.68. The van der Waals surface area contributed by atoms with Crippen molar-refractivity contribution in [1.29, 1.82) is 0 Å². The standard InChI is InChI=1S/C14H24N2O4S/c1-4-21(17,18)9-5-6-13(16-15)12-10-11(19-2)7-8-14(12)20-3/h7-8,10,13,16H,4-6,9,15H2,1-3H3. The third kappa shape index (κ3) is 5.18. The number of rotatable bonds is 9. The van der Waals surface area contributed by atoms with Crippen molar-refractivity contribution in [3.63, 3.8) is 0 Å². The van der Waals surface area contributed by atoms with Crippen LogP contribution in [0, 0.1) is 0 Å². The molecule has 0 bridgehead atoms. The molecule has 0 spiro atoms. The fraction of sp³-hybridized carbons (Fsp3) is 0.571. The maximum absolute atomic E-state index is 11.5. The second kappa shape index (κ2) is 8.21. The number of nitrogens with one attached hydrogen (secondary N) is 1. The number of methoxy groups -OCH3 is 2. The Morgan fingerprint density at radius 3 is 2.52 bits per heavy atom. The molecule has 21 heavy (non-hydrogen) atoms. The zero-order valence-corrected chi connectivity index (χ0v) is 13.6. The van der Waals surface area contributed by atoms with Crippen LogP contribution in [0.4, 0.5) is 0 Å². The highest BCUT2D eigenvalue weighted by atomic mass is 32.2. The van der Waals surface area contributed by atoms with Gasteiger partial charge < -0.3 is 9.47 Å². The van der Waals surface area contributed by atoms with Crippen LogP contribution in [0.1, 0.15) is 31.4 Å². The fourth-order valence-corrected chi connectivity index (χ4v) is 2.99. The number of hydrogen-bond donors (Lipinski definition) is 2. The summed E-state index contributed by atoms with van der Waals surface area (Å²) in [5.74, 6) is 7.32. The Bertz CT molecular complexity index is 546. The Morgan fingerprint density at radius 1 is 1.29 bits per heavy atom. The van der Waals surface area contributed by atoms with Crippen LogP contribution in [0.2, 0.25) is 0 Å². The first-order chi connectivity index (χ1) is 9.97. The van der Waals surface area contributed by atoms with Crippen molar-refractivity contribution in [3.05, 3.63) is 23.8 Å². The van der Waals surface area contributed by atoms with Gasteiger partial charge in [-0.05, 0) is 31.0 Å². The van der Waals surface area contributed by atoms with E-state index in [1.165, 1.54) is 0 Å². The number of benzene rings is 1. The molecule has 0 radical (unpaired) electrons. The highest BCUT2D eigenvalue weighted by molar-refractivity contribution is 7.91. The molecular weight excluding hydrogens is 292 g/mol. The summed E-state index contributed by atoms with van der Waals surface area (Å²) < 4.78 is 33.6. The Balaban J connectivity index is 2.84. The second-order valence-corrected chi connectivity index (χ2v) is 7.18. The van der Waals surface area contributed by atoms with Crippen molar-refractivity contribution in [2.24, 2.45) is 5.84 Å². The molecule has 1 rings (SSSR count). The van der Waals surface area contributed by atoms with Gasteiger partial charge in [0.2, 0.25) is 0 Å². The van der Waals surface area contributed by atoms with Crippen LogP contribution in [0.5, 0.6) is 11.5 Å². The zero-order valence-electron chi connectivity index (χ0n) is 12.8. The van der Waals surface area contributed by atoms with Crippen molar-refractivity contribution in [1.82, 2.24) is 5.43 Å². The maximum Gasteiger partial charge on any atom is 0.150 e. The third-order valence-electron chi connectivity index (χ3n) is 3.40. The van der Waals surface area contributed by atoms with E-state index in [-0.39, 0.29) is 17.5 Å². The van der Waals surface area contributed by atoms with E-state index >= 15 is 0 Å². The topological polar surface area (TPSA) is 90.7 Å². The number of hydrazine groups is 1. The van der Waals surface area contributed by atoms with E-state index in [9.17, 15) is 8.42 Å². The predicted molar refractivity (Wildman–Crippen MR) is 83.2 cm³/mol. The highest BCUT2D eigenvalue weighted by Crippen LogP contribution is 2.31. The number of hydrogen-bond acceptors (Lipinski definition) is 6. The van der Waals surface area contributed by atoms with Crippen molar-refractivity contribution < 1.29 is 17.9 Å². The van der Waals surface area contributed by atoms with Crippen LogP contribution in [-0.4, -0.2) is 34.1 Å². The average molecular weight is 316 g/mol. The van der Waals surface area contributed by atoms with Gasteiger partial charge in [-0.3, -0.25) is 11.3 Å². The van der Waals surface area contributed by atoms with Gasteiger partial charge >= 0.3 is 0 Å². The summed E-state index contributed by atoms with van der Waals surface area (Å²) in [7, 11) is 0.213. The minimum Gasteiger partial charge on any atom is -0.497 e. The molecule has 0 saturated carbocycles. The van der Waals surface area contributed by atoms with E-state index in [0.717, 1.165) is 5.56 Å². The fourth-order valence-electron chi connectivity index (χ4n) is 2.09. The van der Waals surface area contributed by atoms with Gasteiger partial charge in [-0.1, -0.05) is 6.92 Å². The molecule has 7 heteroatoms. The van der Waals surface area contributed by atoms with E-state index in [1.54, 1.807) is 33.3 Å². The summed E-state index contributed by atoms with van der Waals surface area (Å²) in [4.78, 5) is 0. The molecule has 0 fully saturated rings. The summed E-state index contributed by atoms with van der Waals surface area (Å²) in [5, 5.41) is 0. The lowest BCUT2D eigenvalue weighted by atomic mass is 10.0. The smallest absolute Gasteiger partial charge is 0.150 e. The third-order valence-corrected chi connectivity index (χ3v) is 5.19. The molecule has 0 amide bonds. The van der Waals surface area contributed by atoms with E-state index in [4.69, 9.17) is 15.3 Å². The number of ether oxygens (including phenoxy) is 2. The summed E-state index contributed by atoms with van der Waals surface area (Å²) in [6.45, 7) is 1.65. The molecule has 3 N–H and O–H groups in total. The van der Waals surface area contributed by atoms with Gasteiger partial charge in [0.05, 0.1) is 20.0 Å². The molecule has 0 saturated heterocycles. The molecule has 1 aromatic carbocycles. The van der Waals surface area contributed by atoms with Gasteiger partial charge in [0.15, 0.2) is 0 Å². The normalized spacial score (nSPS) is 13.0. The number of nitrogens with two attached hydrogens (primary N) is 1. The van der Waals surface area contributed by atoms with Crippen LogP contribution < -0.4 is 20.7 Å². The molecule has 0 aliphatic rings. The summed E-state index contributed by atoms with van der Waals surface area (Å²) in [6.07, 6.45) is 1.13. The molecule has 0 aliphatic carbocycles. The molecule has 0 heterocycles. The van der Waals surface area contributed by atoms with E-state index < -0.39 is 9.84 Å². The highest BCUT2D eigenvalue weighted by Gasteiger charge is 2.17. The van der Waals surface area contributed by atoms with Gasteiger partial charge in [-0.15, -0.1) is 0 Å². The Kier molecular flexibility index (Phi) is 6.94. The summed E-state index contributed by atoms with van der Waals surface area (Å²) in [5.41, 5.74) is 3.57. The van der Waals surface area contributed by atoms with Crippen molar-refractivity contribution in [3.8, 4) is 11.5 Å². The summed E-state index contributed by atoms with van der Waals surface area (Å²) in [6, 6.07) is 5.26. The average Bonchev–Trinajstić information content (AvgIpc) is 2.51. The minimum atomic E-state index is -2.96. The second-order valence-electron chi connectivity index (χ2n) is 4.71. The predicted octanol–water partition coefficient (Wildman–Crippen LogP) is 1.42. The molecule has 0 aromatic heterocycles. The lowest BCUT2D eigenvalue weighted by Gasteiger charge is -2.19. The van der Waals surface area contributed by atoms with Crippen molar-refractivity contribution in [2.75, 3.05) is 25.7 Å². The van der Waals surface area contributed by atoms with Crippen LogP contribution >= 0.6 is 0 Å². The van der Waals surface area contributed by atoms with Crippen LogP contribution in [0.25, 0.3) is 0 Å². The van der Waals surface area contributed by atoms with E-state index in [2.05, 4.69) is 5.43 Å². The van der Waals surface area contributed by atoms with Crippen LogP contribution in [0.3, 0.4) is 0 Å². The van der Waals surface area contributed by atoms with Gasteiger partial charge in [-0.25, -0.2) is 8.42 Å². The van der Waals surface area contributed by atoms with Crippen LogP contribution in [-0.2, 0) is 9.84 Å². The molecule has 120 valence electrons. The maximum atomic E-state index is 11.5. The lowest BCUT2D eigenvalue weighted by molar-refractivity contribution is 0.386. The van der Waals surface area contributed by atoms with Gasteiger partial charge in [0, 0.05) is 17.4 Å². The monoisotopic (exact) mass is 316 g/mol. The van der Waals surface area contributed by atoms with Crippen molar-refractivity contribution >= 4 is 9.84 Å². The molecule has 1 atom stereocenters. The Labute approximate surface area is 126 Å². The quantitative estimate of drug-likeness (QED) is 0.529. The first kappa shape index (κ1) is 17.7. The number of sulfone groups is 1. The largest absolute Gasteiger partial charge is 0.497 e. The molecular formula is C14H24N2O4S. The SMILES string of the molecule is CCS(=O)(=O)CCCC(NN)c1cc(OC)ccc1OC. The Morgan fingerprint density at radius 2 is 2.00 bits per heavy atom. The zero-order chi connectivity index (χ0) is 15.9. The van der Waals surface area contributed by atoms with Crippen LogP contribution in [0.15, 0.2) is 18.2 Å². The lowest BCUT2D eigenvalue weighted by Crippen LogP contribution is -2.29. The van der Waals surface area contributed by atoms with E-state index in [1.807, 2.05) is 6.07 Å². The molecule has 1 unspecified atom stereocenters. The molecule has 6 nitrogen and oxygen atoms in total. The van der Waals surface area contributed by atoms with Gasteiger partial charge in [0.1, 0.15) is 21.3 Å². The molecule has 1 aromatic rings. The first-order valence-electron chi connectivity index (χ1n) is 6.85. The van der Waals surface area contributed by atoms with Gasteiger partial charge in [-0.2, -0.15) is 0 Å². The molecule has 0 aliphatic heterocycles. The van der Waals surface area contributed by atoms with E-state index in [0.29, 0.717) is 24.3 Å². The van der Waals surface area contributed by atoms with Crippen molar-refractivity contribution in [2.45, 2.75) is 25.8 Å². The van der Waals surface area contributed by atoms with Gasteiger partial charge in [0.25, 0.3) is 0 Å². The summed E-state index contributed by atoms with van der Waals surface area (Å²) >= 11 is 0. The minimum absolute atomic E-state index is 0.161.